The smallest absolute Gasteiger partial charge is 0.298 e. The molecule has 1 N–H and O–H groups in total. The van der Waals surface area contributed by atoms with Crippen molar-refractivity contribution in [2.45, 2.75) is 19.0 Å². The van der Waals surface area contributed by atoms with E-state index < -0.39 is 22.8 Å². The quantitative estimate of drug-likeness (QED) is 0.696. The second-order valence-corrected chi connectivity index (χ2v) is 5.49. The predicted octanol–water partition coefficient (Wildman–Crippen LogP) is 3.00. The van der Waals surface area contributed by atoms with Crippen LogP contribution in [0.2, 0.25) is 0 Å². The highest BCUT2D eigenvalue weighted by Gasteiger charge is 2.45. The molecule has 2 aromatic carbocycles. The van der Waals surface area contributed by atoms with Gasteiger partial charge in [-0.25, -0.2) is 0 Å². The van der Waals surface area contributed by atoms with Gasteiger partial charge >= 0.3 is 0 Å². The van der Waals surface area contributed by atoms with E-state index in [1.165, 1.54) is 0 Å². The number of methoxy groups -OCH3 is 1. The number of carbonyl (C=O) groups is 1. The number of nitro groups is 1. The standard InChI is InChI=1S/C17H16N2O4/c1-10-4-3-5-13-14(10)18-15(16(17(13)20)19(21)22)11-6-8-12(23-2)9-7-11/h3-9,15-16,18H,1-2H3/t15-,16-/m1/s1. The van der Waals surface area contributed by atoms with Gasteiger partial charge in [-0.2, -0.15) is 0 Å². The molecule has 6 nitrogen and oxygen atoms in total. The summed E-state index contributed by atoms with van der Waals surface area (Å²) in [5, 5.41) is 14.7. The molecule has 0 saturated carbocycles. The first-order chi connectivity index (χ1) is 11.0. The lowest BCUT2D eigenvalue weighted by Crippen LogP contribution is -2.43. The maximum absolute atomic E-state index is 12.6. The Morgan fingerprint density at radius 1 is 1.17 bits per heavy atom. The third-order valence-corrected chi connectivity index (χ3v) is 4.12. The predicted molar refractivity (Wildman–Crippen MR) is 85.6 cm³/mol. The molecule has 3 rings (SSSR count). The van der Waals surface area contributed by atoms with Crippen LogP contribution < -0.4 is 10.1 Å². The molecule has 0 fully saturated rings. The van der Waals surface area contributed by atoms with Gasteiger partial charge in [-0.3, -0.25) is 14.9 Å². The summed E-state index contributed by atoms with van der Waals surface area (Å²) in [7, 11) is 1.55. The van der Waals surface area contributed by atoms with Gasteiger partial charge in [0.1, 0.15) is 11.8 Å². The number of para-hydroxylation sites is 1. The van der Waals surface area contributed by atoms with Crippen molar-refractivity contribution in [2.75, 3.05) is 12.4 Å². The molecule has 1 aliphatic heterocycles. The Balaban J connectivity index is 2.09. The minimum absolute atomic E-state index is 0.372. The number of hydrogen-bond acceptors (Lipinski definition) is 5. The molecule has 0 unspecified atom stereocenters. The van der Waals surface area contributed by atoms with Crippen LogP contribution in [0.25, 0.3) is 0 Å². The first-order valence-electron chi connectivity index (χ1n) is 7.20. The van der Waals surface area contributed by atoms with E-state index in [4.69, 9.17) is 4.74 Å². The van der Waals surface area contributed by atoms with Crippen LogP contribution in [-0.2, 0) is 0 Å². The molecule has 2 aromatic rings. The average molecular weight is 312 g/mol. The van der Waals surface area contributed by atoms with Gasteiger partial charge in [0.25, 0.3) is 6.04 Å². The molecular formula is C17H16N2O4. The third kappa shape index (κ3) is 2.52. The summed E-state index contributed by atoms with van der Waals surface area (Å²) in [5.41, 5.74) is 2.60. The van der Waals surface area contributed by atoms with Gasteiger partial charge in [-0.15, -0.1) is 0 Å². The molecule has 1 aliphatic rings. The number of nitrogens with one attached hydrogen (secondary N) is 1. The Labute approximate surface area is 133 Å². The molecule has 0 bridgehead atoms. The van der Waals surface area contributed by atoms with Crippen molar-refractivity contribution in [1.82, 2.24) is 0 Å². The normalized spacial score (nSPS) is 19.7. The van der Waals surface area contributed by atoms with Crippen LogP contribution in [0.4, 0.5) is 5.69 Å². The van der Waals surface area contributed by atoms with Crippen LogP contribution in [0.3, 0.4) is 0 Å². The molecule has 0 aliphatic carbocycles. The number of hydrogen-bond donors (Lipinski definition) is 1. The number of ketones is 1. The highest BCUT2D eigenvalue weighted by atomic mass is 16.6. The Morgan fingerprint density at radius 2 is 1.87 bits per heavy atom. The number of Topliss-reactive ketones (excluding diaryl/α,β-unsaturated/α-hetero) is 1. The van der Waals surface area contributed by atoms with Gasteiger partial charge in [0, 0.05) is 16.2 Å². The first-order valence-corrected chi connectivity index (χ1v) is 7.20. The average Bonchev–Trinajstić information content (AvgIpc) is 2.55. The molecule has 2 atom stereocenters. The Bertz CT molecular complexity index is 771. The van der Waals surface area contributed by atoms with Crippen molar-refractivity contribution < 1.29 is 14.5 Å². The molecule has 118 valence electrons. The third-order valence-electron chi connectivity index (χ3n) is 4.12. The van der Waals surface area contributed by atoms with Crippen molar-refractivity contribution in [3.8, 4) is 5.75 Å². The number of fused-ring (bicyclic) bond motifs is 1. The van der Waals surface area contributed by atoms with Crippen LogP contribution in [-0.4, -0.2) is 23.9 Å². The van der Waals surface area contributed by atoms with E-state index in [0.29, 0.717) is 22.6 Å². The zero-order chi connectivity index (χ0) is 16.6. The second kappa shape index (κ2) is 5.72. The van der Waals surface area contributed by atoms with Crippen LogP contribution in [0.15, 0.2) is 42.5 Å². The zero-order valence-corrected chi connectivity index (χ0v) is 12.8. The van der Waals surface area contributed by atoms with E-state index in [1.54, 1.807) is 43.5 Å². The Kier molecular flexibility index (Phi) is 3.73. The SMILES string of the molecule is COc1ccc([C@H]2Nc3c(C)cccc3C(=O)[C@@H]2[N+](=O)[O-])cc1. The number of aryl methyl sites for hydroxylation is 1. The zero-order valence-electron chi connectivity index (χ0n) is 12.8. The lowest BCUT2D eigenvalue weighted by molar-refractivity contribution is -0.508. The molecule has 0 aromatic heterocycles. The number of nitrogens with zero attached hydrogens (tertiary/aromatic N) is 1. The van der Waals surface area contributed by atoms with E-state index >= 15 is 0 Å². The van der Waals surface area contributed by atoms with Crippen molar-refractivity contribution in [1.29, 1.82) is 0 Å². The van der Waals surface area contributed by atoms with Crippen molar-refractivity contribution >= 4 is 11.5 Å². The van der Waals surface area contributed by atoms with Crippen LogP contribution in [0.1, 0.15) is 27.5 Å². The fraction of sp³-hybridized carbons (Fsp3) is 0.235. The molecule has 1 heterocycles. The molecular weight excluding hydrogens is 296 g/mol. The van der Waals surface area contributed by atoms with E-state index in [2.05, 4.69) is 5.32 Å². The summed E-state index contributed by atoms with van der Waals surface area (Å²) in [6.07, 6.45) is 0. The number of anilines is 1. The maximum atomic E-state index is 12.6. The van der Waals surface area contributed by atoms with E-state index in [-0.39, 0.29) is 0 Å². The van der Waals surface area contributed by atoms with Crippen molar-refractivity contribution in [3.05, 3.63) is 69.3 Å². The summed E-state index contributed by atoms with van der Waals surface area (Å²) in [5.74, 6) is 0.193. The summed E-state index contributed by atoms with van der Waals surface area (Å²) < 4.78 is 5.11. The monoisotopic (exact) mass is 312 g/mol. The van der Waals surface area contributed by atoms with Crippen molar-refractivity contribution in [3.63, 3.8) is 0 Å². The minimum Gasteiger partial charge on any atom is -0.497 e. The maximum Gasteiger partial charge on any atom is 0.298 e. The van der Waals surface area contributed by atoms with Crippen LogP contribution in [0, 0.1) is 17.0 Å². The van der Waals surface area contributed by atoms with E-state index in [1.807, 2.05) is 13.0 Å². The molecule has 0 radical (unpaired) electrons. The van der Waals surface area contributed by atoms with E-state index in [9.17, 15) is 14.9 Å². The minimum atomic E-state index is -1.35. The summed E-state index contributed by atoms with van der Waals surface area (Å²) >= 11 is 0. The highest BCUT2D eigenvalue weighted by Crippen LogP contribution is 2.36. The Morgan fingerprint density at radius 3 is 2.48 bits per heavy atom. The molecule has 0 amide bonds. The first kappa shape index (κ1) is 15.0. The highest BCUT2D eigenvalue weighted by molar-refractivity contribution is 6.07. The largest absolute Gasteiger partial charge is 0.497 e. The van der Waals surface area contributed by atoms with Gasteiger partial charge in [0.2, 0.25) is 5.78 Å². The number of ether oxygens (including phenoxy) is 1. The van der Waals surface area contributed by atoms with Gasteiger partial charge in [-0.1, -0.05) is 24.3 Å². The van der Waals surface area contributed by atoms with Crippen molar-refractivity contribution in [2.24, 2.45) is 0 Å². The van der Waals surface area contributed by atoms with Crippen LogP contribution >= 0.6 is 0 Å². The molecule has 6 heteroatoms. The van der Waals surface area contributed by atoms with Crippen LogP contribution in [0.5, 0.6) is 5.75 Å². The fourth-order valence-corrected chi connectivity index (χ4v) is 2.90. The topological polar surface area (TPSA) is 81.5 Å². The summed E-state index contributed by atoms with van der Waals surface area (Å²) in [6, 6.07) is 10.1. The van der Waals surface area contributed by atoms with Gasteiger partial charge in [0.15, 0.2) is 0 Å². The lowest BCUT2D eigenvalue weighted by atomic mass is 9.87. The number of benzene rings is 2. The van der Waals surface area contributed by atoms with E-state index in [0.717, 1.165) is 5.56 Å². The molecule has 23 heavy (non-hydrogen) atoms. The summed E-state index contributed by atoms with van der Waals surface area (Å²) in [4.78, 5) is 23.6. The second-order valence-electron chi connectivity index (χ2n) is 5.49. The fourth-order valence-electron chi connectivity index (χ4n) is 2.90. The summed E-state index contributed by atoms with van der Waals surface area (Å²) in [6.45, 7) is 1.87. The van der Waals surface area contributed by atoms with Gasteiger partial charge in [0.05, 0.1) is 7.11 Å². The number of carbonyl (C=O) groups excluding carboxylic acids is 1. The molecule has 0 saturated heterocycles. The molecule has 0 spiro atoms. The Hall–Kier alpha value is -2.89. The van der Waals surface area contributed by atoms with Gasteiger partial charge in [-0.05, 0) is 36.2 Å². The number of rotatable bonds is 3. The van der Waals surface area contributed by atoms with Gasteiger partial charge < -0.3 is 10.1 Å². The lowest BCUT2D eigenvalue weighted by Gasteiger charge is -2.29.